The maximum absolute atomic E-state index is 2.51. The van der Waals surface area contributed by atoms with E-state index in [0.717, 1.165) is 39.4 Å². The molecule has 0 fully saturated rings. The summed E-state index contributed by atoms with van der Waals surface area (Å²) in [5, 5.41) is 9.76. The number of hydrogen-bond donors (Lipinski definition) is 0. The smallest absolute Gasteiger partial charge is 0.0782 e. The summed E-state index contributed by atoms with van der Waals surface area (Å²) in [6.45, 7) is 0. The highest BCUT2D eigenvalue weighted by Gasteiger charge is 2.25. The van der Waals surface area contributed by atoms with Gasteiger partial charge in [0.05, 0.1) is 28.1 Å². The third-order valence-electron chi connectivity index (χ3n) is 12.5. The van der Waals surface area contributed by atoms with Crippen molar-refractivity contribution in [3.63, 3.8) is 0 Å². The van der Waals surface area contributed by atoms with E-state index in [1.807, 2.05) is 0 Å². The molecule has 12 rings (SSSR count). The van der Waals surface area contributed by atoms with E-state index < -0.39 is 0 Å². The van der Waals surface area contributed by atoms with Crippen molar-refractivity contribution in [3.05, 3.63) is 243 Å². The van der Waals surface area contributed by atoms with Crippen molar-refractivity contribution in [1.29, 1.82) is 0 Å². The van der Waals surface area contributed by atoms with Crippen LogP contribution in [0.3, 0.4) is 0 Å². The van der Waals surface area contributed by atoms with Crippen LogP contribution in [0.15, 0.2) is 243 Å². The molecule has 2 nitrogen and oxygen atoms in total. The predicted octanol–water partition coefficient (Wildman–Crippen LogP) is 16.7. The zero-order valence-corrected chi connectivity index (χ0v) is 34.0. The first-order valence-corrected chi connectivity index (χ1v) is 21.4. The maximum Gasteiger partial charge on any atom is 0.0782 e. The summed E-state index contributed by atoms with van der Waals surface area (Å²) in [7, 11) is 0. The number of benzene rings is 11. The molecule has 62 heavy (non-hydrogen) atoms. The zero-order valence-electron chi connectivity index (χ0n) is 34.0. The largest absolute Gasteiger partial charge is 0.308 e. The van der Waals surface area contributed by atoms with E-state index in [9.17, 15) is 0 Å². The number of fused-ring (bicyclic) bond motifs is 7. The van der Waals surface area contributed by atoms with Gasteiger partial charge in [0, 0.05) is 27.4 Å². The minimum Gasteiger partial charge on any atom is -0.308 e. The van der Waals surface area contributed by atoms with Crippen molar-refractivity contribution in [1.82, 2.24) is 4.57 Å². The van der Waals surface area contributed by atoms with Gasteiger partial charge in [-0.05, 0) is 91.1 Å². The molecule has 0 amide bonds. The molecule has 2 heteroatoms. The molecule has 0 saturated heterocycles. The maximum atomic E-state index is 2.51. The molecule has 1 aromatic heterocycles. The first-order chi connectivity index (χ1) is 30.8. The van der Waals surface area contributed by atoms with Gasteiger partial charge in [0.25, 0.3) is 0 Å². The topological polar surface area (TPSA) is 8.17 Å². The quantitative estimate of drug-likeness (QED) is 0.146. The van der Waals surface area contributed by atoms with Crippen molar-refractivity contribution >= 4 is 71.2 Å². The summed E-state index contributed by atoms with van der Waals surface area (Å²) in [5.41, 5.74) is 13.9. The summed E-state index contributed by atoms with van der Waals surface area (Å²) in [5.74, 6) is 0. The molecule has 0 N–H and O–H groups in total. The van der Waals surface area contributed by atoms with Gasteiger partial charge in [-0.1, -0.05) is 206 Å². The van der Waals surface area contributed by atoms with Crippen LogP contribution in [-0.4, -0.2) is 4.57 Å². The molecule has 0 saturated carbocycles. The van der Waals surface area contributed by atoms with Gasteiger partial charge >= 0.3 is 0 Å². The van der Waals surface area contributed by atoms with Crippen molar-refractivity contribution in [2.24, 2.45) is 0 Å². The lowest BCUT2D eigenvalue weighted by Crippen LogP contribution is -2.13. The van der Waals surface area contributed by atoms with E-state index in [2.05, 4.69) is 252 Å². The molecule has 0 unspecified atom stereocenters. The number of para-hydroxylation sites is 3. The molecule has 0 bridgehead atoms. The second kappa shape index (κ2) is 14.8. The normalized spacial score (nSPS) is 11.5. The zero-order chi connectivity index (χ0) is 41.0. The highest BCUT2D eigenvalue weighted by molar-refractivity contribution is 6.23. The van der Waals surface area contributed by atoms with Gasteiger partial charge in [-0.25, -0.2) is 0 Å². The molecular weight excluding hydrogens is 749 g/mol. The Kier molecular flexibility index (Phi) is 8.53. The fourth-order valence-electron chi connectivity index (χ4n) is 9.90. The van der Waals surface area contributed by atoms with Crippen LogP contribution in [0.5, 0.6) is 0 Å². The number of hydrogen-bond acceptors (Lipinski definition) is 1. The standard InChI is InChI=1S/C60H40N2/c1-4-20-41(21-5-1)46-29-14-16-34-54(46)61(57-37-19-33-52-50-31-15-17-35-56(50)62(60(52)57)55-36-18-27-42-22-10-11-28-47(42)55)45-38-39-49-48-30-12-13-32-51(48)58(43-23-6-2-7-24-43)59(53(49)40-45)44-25-8-3-9-26-44/h1-40H. The lowest BCUT2D eigenvalue weighted by atomic mass is 9.85. The van der Waals surface area contributed by atoms with E-state index in [0.29, 0.717) is 0 Å². The molecule has 0 aliphatic rings. The van der Waals surface area contributed by atoms with Gasteiger partial charge in [-0.3, -0.25) is 0 Å². The highest BCUT2D eigenvalue weighted by Crippen LogP contribution is 2.50. The van der Waals surface area contributed by atoms with Gasteiger partial charge in [0.1, 0.15) is 0 Å². The van der Waals surface area contributed by atoms with E-state index in [1.165, 1.54) is 70.9 Å². The first kappa shape index (κ1) is 35.7. The summed E-state index contributed by atoms with van der Waals surface area (Å²) in [6, 6.07) is 88.6. The third-order valence-corrected chi connectivity index (χ3v) is 12.5. The number of rotatable bonds is 7. The van der Waals surface area contributed by atoms with Gasteiger partial charge in [0.15, 0.2) is 0 Å². The van der Waals surface area contributed by atoms with Gasteiger partial charge < -0.3 is 9.47 Å². The van der Waals surface area contributed by atoms with Crippen LogP contribution in [0.1, 0.15) is 0 Å². The number of nitrogens with zero attached hydrogens (tertiary/aromatic N) is 2. The molecular formula is C60H40N2. The summed E-state index contributed by atoms with van der Waals surface area (Å²) in [4.78, 5) is 2.51. The predicted molar refractivity (Wildman–Crippen MR) is 264 cm³/mol. The molecule has 290 valence electrons. The number of anilines is 3. The number of aromatic nitrogens is 1. The fraction of sp³-hybridized carbons (Fsp3) is 0. The van der Waals surface area contributed by atoms with Gasteiger partial charge in [0.2, 0.25) is 0 Å². The monoisotopic (exact) mass is 788 g/mol. The molecule has 11 aromatic carbocycles. The van der Waals surface area contributed by atoms with Crippen LogP contribution in [0.4, 0.5) is 17.1 Å². The van der Waals surface area contributed by atoms with Gasteiger partial charge in [-0.2, -0.15) is 0 Å². The highest BCUT2D eigenvalue weighted by atomic mass is 15.2. The van der Waals surface area contributed by atoms with E-state index >= 15 is 0 Å². The Morgan fingerprint density at radius 1 is 0.306 bits per heavy atom. The minimum absolute atomic E-state index is 1.08. The lowest BCUT2D eigenvalue weighted by Gasteiger charge is -2.30. The van der Waals surface area contributed by atoms with Crippen molar-refractivity contribution in [2.75, 3.05) is 4.90 Å². The molecule has 0 radical (unpaired) electrons. The van der Waals surface area contributed by atoms with Gasteiger partial charge in [-0.15, -0.1) is 0 Å². The second-order valence-corrected chi connectivity index (χ2v) is 16.0. The van der Waals surface area contributed by atoms with Crippen LogP contribution in [0, 0.1) is 0 Å². The summed E-state index contributed by atoms with van der Waals surface area (Å²) in [6.07, 6.45) is 0. The third kappa shape index (κ3) is 5.73. The Balaban J connectivity index is 1.24. The van der Waals surface area contributed by atoms with Crippen LogP contribution in [0.25, 0.3) is 93.2 Å². The van der Waals surface area contributed by atoms with Crippen LogP contribution in [-0.2, 0) is 0 Å². The van der Waals surface area contributed by atoms with E-state index in [-0.39, 0.29) is 0 Å². The summed E-state index contributed by atoms with van der Waals surface area (Å²) < 4.78 is 2.50. The Morgan fingerprint density at radius 2 is 0.823 bits per heavy atom. The average molecular weight is 789 g/mol. The molecule has 12 aromatic rings. The first-order valence-electron chi connectivity index (χ1n) is 21.4. The van der Waals surface area contributed by atoms with Crippen molar-refractivity contribution in [3.8, 4) is 39.1 Å². The molecule has 0 atom stereocenters. The Bertz CT molecular complexity index is 3620. The SMILES string of the molecule is c1ccc(-c2ccccc2N(c2ccc3c(c2)c(-c2ccccc2)c(-c2ccccc2)c2ccccc23)c2cccc3c4ccccc4n(-c4cccc5ccccc45)c23)cc1. The Labute approximate surface area is 360 Å². The fourth-order valence-corrected chi connectivity index (χ4v) is 9.90. The van der Waals surface area contributed by atoms with E-state index in [4.69, 9.17) is 0 Å². The summed E-state index contributed by atoms with van der Waals surface area (Å²) >= 11 is 0. The molecule has 0 spiro atoms. The van der Waals surface area contributed by atoms with Crippen LogP contribution >= 0.6 is 0 Å². The van der Waals surface area contributed by atoms with Crippen molar-refractivity contribution in [2.45, 2.75) is 0 Å². The second-order valence-electron chi connectivity index (χ2n) is 16.0. The molecule has 1 heterocycles. The minimum atomic E-state index is 1.08. The average Bonchev–Trinajstić information content (AvgIpc) is 3.69. The molecule has 0 aliphatic heterocycles. The van der Waals surface area contributed by atoms with Crippen molar-refractivity contribution < 1.29 is 0 Å². The Hall–Kier alpha value is -8.20. The van der Waals surface area contributed by atoms with Crippen LogP contribution < -0.4 is 4.90 Å². The Morgan fingerprint density at radius 3 is 1.58 bits per heavy atom. The molecule has 0 aliphatic carbocycles. The van der Waals surface area contributed by atoms with E-state index in [1.54, 1.807) is 0 Å². The van der Waals surface area contributed by atoms with Crippen LogP contribution in [0.2, 0.25) is 0 Å². The lowest BCUT2D eigenvalue weighted by molar-refractivity contribution is 1.18.